The number of ketones is 1. The Morgan fingerprint density at radius 3 is 2.50 bits per heavy atom. The summed E-state index contributed by atoms with van der Waals surface area (Å²) in [6, 6.07) is 12.7. The maximum atomic E-state index is 13.5. The number of Topliss-reactive ketones (excluding diaryl/α,β-unsaturated/α-hetero) is 1. The van der Waals surface area contributed by atoms with Gasteiger partial charge in [-0.3, -0.25) is 9.59 Å². The molecule has 3 aromatic rings. The second kappa shape index (κ2) is 10.7. The van der Waals surface area contributed by atoms with E-state index in [1.54, 1.807) is 30.3 Å². The second-order valence-corrected chi connectivity index (χ2v) is 8.95. The van der Waals surface area contributed by atoms with Crippen LogP contribution < -0.4 is 9.47 Å². The standard InChI is InChI=1S/C28H28FNO6/c1-17(2)12-14-36-22-11-8-19(15-23(22)34-3)25-24(26(31)18-6-9-20(29)10-7-18)27(32)28(33)30(25)16-21-5-4-13-35-21/h4-11,13,15,17,25,31H,12,14,16H2,1-3H3/b26-24+. The summed E-state index contributed by atoms with van der Waals surface area (Å²) in [7, 11) is 1.51. The molecule has 1 unspecified atom stereocenters. The van der Waals surface area contributed by atoms with Crippen LogP contribution in [0.2, 0.25) is 0 Å². The molecule has 2 heterocycles. The molecule has 1 fully saturated rings. The first-order valence-corrected chi connectivity index (χ1v) is 11.7. The number of halogens is 1. The van der Waals surface area contributed by atoms with Gasteiger partial charge in [-0.2, -0.15) is 0 Å². The van der Waals surface area contributed by atoms with E-state index >= 15 is 0 Å². The molecule has 0 bridgehead atoms. The number of aliphatic hydroxyl groups excluding tert-OH is 1. The van der Waals surface area contributed by atoms with Crippen molar-refractivity contribution in [1.29, 1.82) is 0 Å². The Balaban J connectivity index is 1.79. The summed E-state index contributed by atoms with van der Waals surface area (Å²) in [4.78, 5) is 27.6. The Morgan fingerprint density at radius 2 is 1.86 bits per heavy atom. The summed E-state index contributed by atoms with van der Waals surface area (Å²) in [6.45, 7) is 4.73. The molecule has 0 spiro atoms. The minimum absolute atomic E-state index is 0.0113. The molecular formula is C28H28FNO6. The van der Waals surface area contributed by atoms with Crippen molar-refractivity contribution in [3.05, 3.63) is 89.1 Å². The largest absolute Gasteiger partial charge is 0.507 e. The summed E-state index contributed by atoms with van der Waals surface area (Å²) < 4.78 is 30.3. The zero-order valence-corrected chi connectivity index (χ0v) is 20.4. The molecule has 0 radical (unpaired) electrons. The number of amides is 1. The van der Waals surface area contributed by atoms with Crippen molar-refractivity contribution in [3.63, 3.8) is 0 Å². The predicted octanol–water partition coefficient (Wildman–Crippen LogP) is 5.47. The van der Waals surface area contributed by atoms with Gasteiger partial charge < -0.3 is 23.9 Å². The van der Waals surface area contributed by atoms with E-state index in [1.165, 1.54) is 42.5 Å². The number of carbonyl (C=O) groups is 2. The van der Waals surface area contributed by atoms with Crippen molar-refractivity contribution in [2.24, 2.45) is 5.92 Å². The highest BCUT2D eigenvalue weighted by molar-refractivity contribution is 6.46. The van der Waals surface area contributed by atoms with Crippen molar-refractivity contribution < 1.29 is 33.0 Å². The van der Waals surface area contributed by atoms with Gasteiger partial charge in [-0.1, -0.05) is 19.9 Å². The molecule has 1 saturated heterocycles. The normalized spacial score (nSPS) is 17.1. The SMILES string of the molecule is COc1cc(C2/C(=C(\O)c3ccc(F)cc3)C(=O)C(=O)N2Cc2ccco2)ccc1OCCC(C)C. The molecule has 36 heavy (non-hydrogen) atoms. The van der Waals surface area contributed by atoms with Crippen LogP contribution in [-0.4, -0.2) is 35.4 Å². The van der Waals surface area contributed by atoms with E-state index < -0.39 is 29.3 Å². The molecule has 8 heteroatoms. The van der Waals surface area contributed by atoms with Crippen LogP contribution in [-0.2, 0) is 16.1 Å². The van der Waals surface area contributed by atoms with Crippen molar-refractivity contribution in [2.75, 3.05) is 13.7 Å². The van der Waals surface area contributed by atoms with Gasteiger partial charge in [0.15, 0.2) is 11.5 Å². The number of rotatable bonds is 9. The van der Waals surface area contributed by atoms with E-state index in [0.717, 1.165) is 6.42 Å². The van der Waals surface area contributed by atoms with Crippen molar-refractivity contribution in [1.82, 2.24) is 4.90 Å². The van der Waals surface area contributed by atoms with Crippen molar-refractivity contribution in [2.45, 2.75) is 32.9 Å². The van der Waals surface area contributed by atoms with Crippen molar-refractivity contribution >= 4 is 17.4 Å². The second-order valence-electron chi connectivity index (χ2n) is 8.95. The van der Waals surface area contributed by atoms with Gasteiger partial charge in [0.05, 0.1) is 38.1 Å². The van der Waals surface area contributed by atoms with E-state index in [2.05, 4.69) is 13.8 Å². The number of hydrogen-bond donors (Lipinski definition) is 1. The fourth-order valence-electron chi connectivity index (χ4n) is 4.10. The molecule has 1 aliphatic heterocycles. The van der Waals surface area contributed by atoms with E-state index in [4.69, 9.17) is 13.9 Å². The average molecular weight is 494 g/mol. The van der Waals surface area contributed by atoms with Crippen LogP contribution in [0.25, 0.3) is 5.76 Å². The lowest BCUT2D eigenvalue weighted by molar-refractivity contribution is -0.140. The van der Waals surface area contributed by atoms with Crippen LogP contribution in [0.15, 0.2) is 70.9 Å². The van der Waals surface area contributed by atoms with Gasteiger partial charge >= 0.3 is 0 Å². The number of ether oxygens (including phenoxy) is 2. The Labute approximate surface area is 208 Å². The van der Waals surface area contributed by atoms with Crippen LogP contribution in [0.3, 0.4) is 0 Å². The number of furan rings is 1. The Hall–Kier alpha value is -4.07. The van der Waals surface area contributed by atoms with Gasteiger partial charge in [-0.15, -0.1) is 0 Å². The molecule has 7 nitrogen and oxygen atoms in total. The maximum Gasteiger partial charge on any atom is 0.296 e. The Morgan fingerprint density at radius 1 is 1.11 bits per heavy atom. The topological polar surface area (TPSA) is 89.2 Å². The number of aliphatic hydroxyl groups is 1. The summed E-state index contributed by atoms with van der Waals surface area (Å²) >= 11 is 0. The quantitative estimate of drug-likeness (QED) is 0.241. The smallest absolute Gasteiger partial charge is 0.296 e. The van der Waals surface area contributed by atoms with Crippen LogP contribution >= 0.6 is 0 Å². The Kier molecular flexibility index (Phi) is 7.43. The first-order chi connectivity index (χ1) is 17.3. The molecule has 0 saturated carbocycles. The number of likely N-dealkylation sites (tertiary alicyclic amines) is 1. The van der Waals surface area contributed by atoms with Crippen molar-refractivity contribution in [3.8, 4) is 11.5 Å². The summed E-state index contributed by atoms with van der Waals surface area (Å²) in [5.74, 6) is -0.589. The van der Waals surface area contributed by atoms with Crippen LogP contribution in [0, 0.1) is 11.7 Å². The molecule has 188 valence electrons. The number of hydrogen-bond acceptors (Lipinski definition) is 6. The maximum absolute atomic E-state index is 13.5. The van der Waals surface area contributed by atoms with E-state index in [9.17, 15) is 19.1 Å². The zero-order valence-electron chi connectivity index (χ0n) is 20.4. The zero-order chi connectivity index (χ0) is 25.8. The number of benzene rings is 2. The average Bonchev–Trinajstić information content (AvgIpc) is 3.46. The molecule has 0 aliphatic carbocycles. The van der Waals surface area contributed by atoms with E-state index in [-0.39, 0.29) is 17.7 Å². The number of nitrogens with zero attached hydrogens (tertiary/aromatic N) is 1. The third-order valence-corrected chi connectivity index (χ3v) is 6.02. The highest BCUT2D eigenvalue weighted by Gasteiger charge is 2.46. The van der Waals surface area contributed by atoms with Gasteiger partial charge in [0.1, 0.15) is 17.3 Å². The lowest BCUT2D eigenvalue weighted by Gasteiger charge is -2.25. The summed E-state index contributed by atoms with van der Waals surface area (Å²) in [5.41, 5.74) is 0.657. The van der Waals surface area contributed by atoms with Crippen LogP contribution in [0.5, 0.6) is 11.5 Å². The Bertz CT molecular complexity index is 1260. The van der Waals surface area contributed by atoms with Gasteiger partial charge in [0, 0.05) is 5.56 Å². The first-order valence-electron chi connectivity index (χ1n) is 11.7. The van der Waals surface area contributed by atoms with Crippen LogP contribution in [0.1, 0.15) is 43.2 Å². The minimum atomic E-state index is -0.932. The predicted molar refractivity (Wildman–Crippen MR) is 131 cm³/mol. The minimum Gasteiger partial charge on any atom is -0.507 e. The molecule has 1 atom stereocenters. The molecule has 2 aromatic carbocycles. The third-order valence-electron chi connectivity index (χ3n) is 6.02. The van der Waals surface area contributed by atoms with Crippen LogP contribution in [0.4, 0.5) is 4.39 Å². The van der Waals surface area contributed by atoms with Gasteiger partial charge in [-0.25, -0.2) is 4.39 Å². The number of carbonyl (C=O) groups excluding carboxylic acids is 2. The fraction of sp³-hybridized carbons (Fsp3) is 0.286. The summed E-state index contributed by atoms with van der Waals surface area (Å²) in [5, 5.41) is 11.1. The van der Waals surface area contributed by atoms with Gasteiger partial charge in [0.25, 0.3) is 11.7 Å². The van der Waals surface area contributed by atoms with Gasteiger partial charge in [-0.05, 0) is 66.4 Å². The highest BCUT2D eigenvalue weighted by atomic mass is 19.1. The fourth-order valence-corrected chi connectivity index (χ4v) is 4.10. The lowest BCUT2D eigenvalue weighted by Crippen LogP contribution is -2.29. The number of methoxy groups -OCH3 is 1. The molecule has 1 amide bonds. The molecule has 4 rings (SSSR count). The summed E-state index contributed by atoms with van der Waals surface area (Å²) in [6.07, 6.45) is 2.34. The van der Waals surface area contributed by atoms with Gasteiger partial charge in [0.2, 0.25) is 0 Å². The lowest BCUT2D eigenvalue weighted by atomic mass is 9.95. The monoisotopic (exact) mass is 493 g/mol. The van der Waals surface area contributed by atoms with E-state index in [1.807, 2.05) is 0 Å². The third kappa shape index (κ3) is 5.12. The molecule has 1 N–H and O–H groups in total. The molecular weight excluding hydrogens is 465 g/mol. The van der Waals surface area contributed by atoms with E-state index in [0.29, 0.717) is 35.3 Å². The molecule has 1 aliphatic rings. The highest BCUT2D eigenvalue weighted by Crippen LogP contribution is 2.42. The molecule has 1 aromatic heterocycles. The first kappa shape index (κ1) is 25.0.